The Morgan fingerprint density at radius 1 is 1.50 bits per heavy atom. The van der Waals surface area contributed by atoms with Gasteiger partial charge in [-0.2, -0.15) is 0 Å². The Morgan fingerprint density at radius 3 is 2.30 bits per heavy atom. The molecule has 0 heterocycles. The number of rotatable bonds is 4. The molecule has 62 valence electrons. The van der Waals surface area contributed by atoms with Gasteiger partial charge in [0.2, 0.25) is 0 Å². The van der Waals surface area contributed by atoms with E-state index in [0.717, 1.165) is 10.4 Å². The molecule has 0 saturated carbocycles. The maximum atomic E-state index is 5.66. The normalized spacial score (nSPS) is 16.2. The van der Waals surface area contributed by atoms with Crippen molar-refractivity contribution in [3.8, 4) is 0 Å². The highest BCUT2D eigenvalue weighted by Crippen LogP contribution is 1.90. The van der Waals surface area contributed by atoms with Gasteiger partial charge in [-0.05, 0) is 13.6 Å². The molecule has 0 aromatic heterocycles. The van der Waals surface area contributed by atoms with E-state index in [1.54, 1.807) is 0 Å². The molecule has 0 aliphatic rings. The number of hydroxylamine groups is 1. The van der Waals surface area contributed by atoms with Gasteiger partial charge >= 0.3 is 0 Å². The third-order valence-corrected chi connectivity index (χ3v) is 7.14. The van der Waals surface area contributed by atoms with Gasteiger partial charge in [0.15, 0.2) is 0 Å². The van der Waals surface area contributed by atoms with Crippen molar-refractivity contribution in [1.82, 2.24) is 8.96 Å². The number of nitrogens with zero attached hydrogens (tertiary/aromatic N) is 2. The van der Waals surface area contributed by atoms with Crippen molar-refractivity contribution in [1.29, 1.82) is 0 Å². The highest BCUT2D eigenvalue weighted by atomic mass is 28.3. The molecule has 1 unspecified atom stereocenters. The third-order valence-electron chi connectivity index (χ3n) is 1.51. The monoisotopic (exact) mass is 194 g/mol. The van der Waals surface area contributed by atoms with Crippen LogP contribution in [0.3, 0.4) is 0 Å². The van der Waals surface area contributed by atoms with Crippen LogP contribution in [0, 0.1) is 0 Å². The molecule has 0 N–H and O–H groups in total. The number of hydrogen-bond acceptors (Lipinski definition) is 3. The van der Waals surface area contributed by atoms with Crippen LogP contribution >= 0.6 is 0 Å². The fourth-order valence-electron chi connectivity index (χ4n) is 0.429. The second-order valence-electron chi connectivity index (χ2n) is 2.61. The largest absolute Gasteiger partial charge is 0.336 e. The molecule has 0 rings (SSSR count). The van der Waals surface area contributed by atoms with Gasteiger partial charge in [-0.1, -0.05) is 6.55 Å². The van der Waals surface area contributed by atoms with Gasteiger partial charge in [-0.3, -0.25) is 0 Å². The first-order valence-electron chi connectivity index (χ1n) is 3.62. The Balaban J connectivity index is 3.46. The zero-order valence-corrected chi connectivity index (χ0v) is 12.2. The van der Waals surface area contributed by atoms with Crippen molar-refractivity contribution >= 4 is 29.3 Å². The van der Waals surface area contributed by atoms with E-state index in [4.69, 9.17) is 4.53 Å². The van der Waals surface area contributed by atoms with Gasteiger partial charge in [0.1, 0.15) is 9.68 Å². The Labute approximate surface area is 70.5 Å². The Hall–Kier alpha value is 0.531. The van der Waals surface area contributed by atoms with Gasteiger partial charge in [-0.25, -0.2) is 4.73 Å². The minimum absolute atomic E-state index is 0.102. The maximum absolute atomic E-state index is 5.66. The van der Waals surface area contributed by atoms with Gasteiger partial charge < -0.3 is 8.76 Å². The van der Waals surface area contributed by atoms with Crippen molar-refractivity contribution in [2.24, 2.45) is 0 Å². The van der Waals surface area contributed by atoms with E-state index in [9.17, 15) is 0 Å². The van der Waals surface area contributed by atoms with Crippen LogP contribution in [-0.2, 0) is 4.53 Å². The van der Waals surface area contributed by atoms with Gasteiger partial charge in [0, 0.05) is 7.05 Å². The first-order valence-corrected chi connectivity index (χ1v) is 8.70. The average molecular weight is 194 g/mol. The van der Waals surface area contributed by atoms with Gasteiger partial charge in [0.25, 0.3) is 9.20 Å². The van der Waals surface area contributed by atoms with Crippen LogP contribution in [0.2, 0.25) is 13.1 Å². The summed E-state index contributed by atoms with van der Waals surface area (Å²) in [6.45, 7) is 4.45. The van der Waals surface area contributed by atoms with E-state index < -0.39 is 9.20 Å². The lowest BCUT2D eigenvalue weighted by atomic mass is 11.5. The minimum atomic E-state index is -0.995. The summed E-state index contributed by atoms with van der Waals surface area (Å²) in [4.78, 5) is 0. The zero-order chi connectivity index (χ0) is 8.15. The lowest BCUT2D eigenvalue weighted by molar-refractivity contribution is 0.0516. The molecule has 0 saturated heterocycles. The van der Waals surface area contributed by atoms with Crippen molar-refractivity contribution in [3.63, 3.8) is 0 Å². The van der Waals surface area contributed by atoms with Gasteiger partial charge in [-0.15, -0.1) is 0 Å². The van der Waals surface area contributed by atoms with E-state index in [0.29, 0.717) is 0 Å². The predicted molar refractivity (Wildman–Crippen MR) is 54.0 cm³/mol. The fourth-order valence-corrected chi connectivity index (χ4v) is 2.66. The third kappa shape index (κ3) is 4.36. The van der Waals surface area contributed by atoms with Crippen LogP contribution < -0.4 is 0 Å². The summed E-state index contributed by atoms with van der Waals surface area (Å²) in [5.41, 5.74) is 0. The standard InChI is InChI=1S/C4H18N2OSi3/c1-5(9-3)7-10(4)6(2)8/h10H,9H2,1-4,8H3. The lowest BCUT2D eigenvalue weighted by Crippen LogP contribution is -2.40. The van der Waals surface area contributed by atoms with Crippen LogP contribution in [0.4, 0.5) is 0 Å². The zero-order valence-electron chi connectivity index (χ0n) is 7.59. The molecule has 3 nitrogen and oxygen atoms in total. The van der Waals surface area contributed by atoms with Crippen LogP contribution in [0.5, 0.6) is 0 Å². The highest BCUT2D eigenvalue weighted by molar-refractivity contribution is 6.53. The van der Waals surface area contributed by atoms with Crippen molar-refractivity contribution in [2.45, 2.75) is 13.1 Å². The molecule has 10 heavy (non-hydrogen) atoms. The van der Waals surface area contributed by atoms with E-state index >= 15 is 0 Å². The second kappa shape index (κ2) is 5.22. The van der Waals surface area contributed by atoms with Crippen molar-refractivity contribution in [2.75, 3.05) is 14.1 Å². The van der Waals surface area contributed by atoms with Gasteiger partial charge in [0.05, 0.1) is 10.4 Å². The Kier molecular flexibility index (Phi) is 5.49. The Bertz CT molecular complexity index is 92.6. The molecule has 1 atom stereocenters. The van der Waals surface area contributed by atoms with E-state index in [1.165, 1.54) is 0 Å². The first-order chi connectivity index (χ1) is 4.57. The molecule has 0 aliphatic heterocycles. The minimum Gasteiger partial charge on any atom is -0.336 e. The van der Waals surface area contributed by atoms with Crippen LogP contribution in [0.25, 0.3) is 0 Å². The summed E-state index contributed by atoms with van der Waals surface area (Å²) in [5, 5.41) is 0. The maximum Gasteiger partial charge on any atom is 0.269 e. The topological polar surface area (TPSA) is 15.7 Å². The molecule has 0 aromatic carbocycles. The molecule has 0 amide bonds. The SMILES string of the molecule is C[SiH2]N(C)O[SiH](C)N(C)[SiH3]. The second-order valence-corrected chi connectivity index (χ2v) is 9.02. The van der Waals surface area contributed by atoms with Crippen LogP contribution in [0.15, 0.2) is 0 Å². The fraction of sp³-hybridized carbons (Fsp3) is 1.00. The molecule has 0 radical (unpaired) electrons. The van der Waals surface area contributed by atoms with Crippen LogP contribution in [0.1, 0.15) is 0 Å². The highest BCUT2D eigenvalue weighted by Gasteiger charge is 2.08. The van der Waals surface area contributed by atoms with Crippen LogP contribution in [-0.4, -0.2) is 52.3 Å². The first kappa shape index (κ1) is 10.5. The quantitative estimate of drug-likeness (QED) is 0.382. The predicted octanol–water partition coefficient (Wildman–Crippen LogP) is -1.96. The van der Waals surface area contributed by atoms with E-state index in [2.05, 4.69) is 24.4 Å². The summed E-state index contributed by atoms with van der Waals surface area (Å²) in [7, 11) is 4.20. The average Bonchev–Trinajstić information content (AvgIpc) is 1.87. The molecule has 0 aliphatic carbocycles. The smallest absolute Gasteiger partial charge is 0.269 e. The number of hydrogen-bond donors (Lipinski definition) is 0. The molecule has 0 bridgehead atoms. The summed E-state index contributed by atoms with van der Waals surface area (Å²) < 4.78 is 10.0. The molecular weight excluding hydrogens is 176 g/mol. The van der Waals surface area contributed by atoms with Crippen molar-refractivity contribution < 1.29 is 4.53 Å². The summed E-state index contributed by atoms with van der Waals surface area (Å²) >= 11 is 0. The van der Waals surface area contributed by atoms with E-state index in [1.807, 2.05) is 11.8 Å². The Morgan fingerprint density at radius 2 is 2.00 bits per heavy atom. The van der Waals surface area contributed by atoms with Crippen molar-refractivity contribution in [3.05, 3.63) is 0 Å². The van der Waals surface area contributed by atoms with E-state index in [-0.39, 0.29) is 9.68 Å². The molecule has 0 spiro atoms. The molecule has 6 heteroatoms. The molecule has 0 fully saturated rings. The summed E-state index contributed by atoms with van der Waals surface area (Å²) in [5.74, 6) is 0. The summed E-state index contributed by atoms with van der Waals surface area (Å²) in [6, 6.07) is 0. The lowest BCUT2D eigenvalue weighted by Gasteiger charge is -2.24. The molecular formula is C4H18N2OSi3. The molecule has 0 aromatic rings. The summed E-state index contributed by atoms with van der Waals surface area (Å²) in [6.07, 6.45) is 0.